The highest BCUT2D eigenvalue weighted by atomic mass is 16.5. The van der Waals surface area contributed by atoms with Crippen molar-refractivity contribution in [3.8, 4) is 5.75 Å². The molecule has 41 heavy (non-hydrogen) atoms. The predicted octanol–water partition coefficient (Wildman–Crippen LogP) is 5.36. The van der Waals surface area contributed by atoms with Crippen molar-refractivity contribution >= 4 is 29.1 Å². The molecule has 0 amide bonds. The fourth-order valence-corrected chi connectivity index (χ4v) is 8.33. The molecule has 3 aliphatic rings. The maximum atomic E-state index is 14.7. The van der Waals surface area contributed by atoms with Crippen LogP contribution in [-0.4, -0.2) is 50.3 Å². The van der Waals surface area contributed by atoms with Gasteiger partial charge in [-0.1, -0.05) is 72.1 Å². The van der Waals surface area contributed by atoms with Crippen LogP contribution in [0.1, 0.15) is 98.1 Å². The van der Waals surface area contributed by atoms with Gasteiger partial charge >= 0.3 is 5.97 Å². The number of ketones is 3. The first kappa shape index (κ1) is 30.7. The molecule has 3 aliphatic carbocycles. The molecule has 0 radical (unpaired) electrons. The Morgan fingerprint density at radius 2 is 1.71 bits per heavy atom. The van der Waals surface area contributed by atoms with Crippen molar-refractivity contribution in [2.45, 2.75) is 98.7 Å². The number of rotatable bonds is 7. The Labute approximate surface area is 241 Å². The van der Waals surface area contributed by atoms with Crippen LogP contribution >= 0.6 is 0 Å². The highest BCUT2D eigenvalue weighted by Crippen LogP contribution is 2.68. The second-order valence-corrected chi connectivity index (χ2v) is 12.8. The summed E-state index contributed by atoms with van der Waals surface area (Å²) in [6.45, 7) is 13.8. The van der Waals surface area contributed by atoms with Crippen LogP contribution in [0.4, 0.5) is 0 Å². The number of aliphatic hydroxyl groups excluding tert-OH is 1. The van der Waals surface area contributed by atoms with E-state index >= 15 is 0 Å². The molecule has 0 spiro atoms. The van der Waals surface area contributed by atoms with Crippen molar-refractivity contribution in [2.24, 2.45) is 22.7 Å². The number of carbonyl (C=O) groups is 4. The third-order valence-electron chi connectivity index (χ3n) is 10.2. The molecule has 1 aromatic carbocycles. The molecule has 8 nitrogen and oxygen atoms in total. The van der Waals surface area contributed by atoms with E-state index in [1.54, 1.807) is 32.9 Å². The van der Waals surface area contributed by atoms with E-state index in [0.29, 0.717) is 17.6 Å². The number of hydrogen-bond acceptors (Lipinski definition) is 8. The van der Waals surface area contributed by atoms with E-state index in [2.05, 4.69) is 0 Å². The number of aromatic hydroxyl groups is 1. The second-order valence-electron chi connectivity index (χ2n) is 12.8. The summed E-state index contributed by atoms with van der Waals surface area (Å²) in [4.78, 5) is 55.1. The molecule has 0 aromatic heterocycles. The number of phenols is 1. The fourth-order valence-electron chi connectivity index (χ4n) is 8.33. The molecule has 0 heterocycles. The molecule has 1 fully saturated rings. The Morgan fingerprint density at radius 3 is 2.27 bits per heavy atom. The molecule has 6 atom stereocenters. The quantitative estimate of drug-likeness (QED) is 0.174. The summed E-state index contributed by atoms with van der Waals surface area (Å²) in [5.74, 6) is -5.63. The van der Waals surface area contributed by atoms with Gasteiger partial charge < -0.3 is 20.1 Å². The van der Waals surface area contributed by atoms with Crippen molar-refractivity contribution in [3.05, 3.63) is 46.0 Å². The smallest absolute Gasteiger partial charge is 0.306 e. The average molecular weight is 567 g/mol. The SMILES string of the molecule is CCCCCC(=O)O[C@H]1[C@@]2(C)C(=C(O)c3c(O)cccc3[C@@H]2C)C(=O)[C@]2(O)C(=O)C(C(C)=O)=C(C)[C@@H](C(C)C)[C@]12C. The van der Waals surface area contributed by atoms with E-state index in [1.165, 1.54) is 13.0 Å². The Balaban J connectivity index is 2.13. The lowest BCUT2D eigenvalue weighted by atomic mass is 9.39. The van der Waals surface area contributed by atoms with Crippen LogP contribution in [-0.2, 0) is 23.9 Å². The van der Waals surface area contributed by atoms with Crippen molar-refractivity contribution < 1.29 is 39.2 Å². The van der Waals surface area contributed by atoms with Crippen LogP contribution in [0.3, 0.4) is 0 Å². The van der Waals surface area contributed by atoms with Gasteiger partial charge in [0.2, 0.25) is 11.6 Å². The molecular formula is C33H42O8. The number of phenolic OH excluding ortho intramolecular Hbond substituents is 1. The third kappa shape index (κ3) is 3.89. The summed E-state index contributed by atoms with van der Waals surface area (Å²) in [5.41, 5.74) is -5.44. The highest BCUT2D eigenvalue weighted by Gasteiger charge is 2.78. The number of fused-ring (bicyclic) bond motifs is 3. The standard InChI is InChI=1S/C33H42O8/c1-9-10-11-15-22(36)41-30-31(7)18(5)20-13-12-14-21(35)24(20)27(37)26(31)29(39)33(40)28(38)23(19(6)34)17(4)25(16(2)3)32(30,33)8/h12-14,16,18,25,30,35,37,40H,9-11,15H2,1-8H3/t18-,25+,30-,31+,32+,33+/m0/s1. The predicted molar refractivity (Wildman–Crippen MR) is 153 cm³/mol. The minimum absolute atomic E-state index is 0.0308. The number of Topliss-reactive ketones (excluding diaryl/α,β-unsaturated/α-hetero) is 3. The lowest BCUT2D eigenvalue weighted by Crippen LogP contribution is -2.77. The van der Waals surface area contributed by atoms with Crippen LogP contribution in [0, 0.1) is 22.7 Å². The second kappa shape index (κ2) is 10.2. The summed E-state index contributed by atoms with van der Waals surface area (Å²) in [6.07, 6.45) is 1.13. The lowest BCUT2D eigenvalue weighted by Gasteiger charge is -2.64. The number of aliphatic hydroxyl groups is 2. The molecule has 8 heteroatoms. The van der Waals surface area contributed by atoms with Gasteiger partial charge in [-0.25, -0.2) is 0 Å². The Hall–Kier alpha value is -3.26. The molecule has 0 unspecified atom stereocenters. The zero-order valence-corrected chi connectivity index (χ0v) is 25.3. The summed E-state index contributed by atoms with van der Waals surface area (Å²) in [6, 6.07) is 4.74. The number of ether oxygens (including phenoxy) is 1. The van der Waals surface area contributed by atoms with E-state index in [1.807, 2.05) is 27.7 Å². The van der Waals surface area contributed by atoms with Gasteiger partial charge in [-0.3, -0.25) is 19.2 Å². The summed E-state index contributed by atoms with van der Waals surface area (Å²) in [7, 11) is 0. The number of benzene rings is 1. The minimum Gasteiger partial charge on any atom is -0.507 e. The van der Waals surface area contributed by atoms with E-state index in [0.717, 1.165) is 12.8 Å². The first-order chi connectivity index (χ1) is 19.0. The number of unbranched alkanes of at least 4 members (excludes halogenated alkanes) is 2. The number of esters is 1. The first-order valence-corrected chi connectivity index (χ1v) is 14.5. The van der Waals surface area contributed by atoms with Gasteiger partial charge in [0.05, 0.1) is 22.1 Å². The molecular weight excluding hydrogens is 524 g/mol. The summed E-state index contributed by atoms with van der Waals surface area (Å²) >= 11 is 0. The Kier molecular flexibility index (Phi) is 7.66. The molecule has 3 N–H and O–H groups in total. The number of hydrogen-bond donors (Lipinski definition) is 3. The van der Waals surface area contributed by atoms with Crippen molar-refractivity contribution in [1.82, 2.24) is 0 Å². The Bertz CT molecular complexity index is 1400. The third-order valence-corrected chi connectivity index (χ3v) is 10.2. The normalized spacial score (nSPS) is 33.0. The average Bonchev–Trinajstić information content (AvgIpc) is 2.88. The molecule has 1 aromatic rings. The first-order valence-electron chi connectivity index (χ1n) is 14.5. The minimum atomic E-state index is -2.82. The van der Waals surface area contributed by atoms with Crippen LogP contribution in [0.2, 0.25) is 0 Å². The monoisotopic (exact) mass is 566 g/mol. The summed E-state index contributed by atoms with van der Waals surface area (Å²) < 4.78 is 6.31. The van der Waals surface area contributed by atoms with Crippen LogP contribution in [0.5, 0.6) is 5.75 Å². The lowest BCUT2D eigenvalue weighted by molar-refractivity contribution is -0.224. The molecule has 1 saturated carbocycles. The van der Waals surface area contributed by atoms with Crippen molar-refractivity contribution in [1.29, 1.82) is 0 Å². The van der Waals surface area contributed by atoms with Crippen LogP contribution < -0.4 is 0 Å². The molecule has 0 bridgehead atoms. The largest absolute Gasteiger partial charge is 0.507 e. The molecule has 0 aliphatic heterocycles. The van der Waals surface area contributed by atoms with E-state index in [4.69, 9.17) is 4.74 Å². The number of carbonyl (C=O) groups excluding carboxylic acids is 4. The van der Waals surface area contributed by atoms with Crippen LogP contribution in [0.15, 0.2) is 34.9 Å². The van der Waals surface area contributed by atoms with Crippen molar-refractivity contribution in [3.63, 3.8) is 0 Å². The fraction of sp³-hybridized carbons (Fsp3) is 0.576. The number of allylic oxidation sites excluding steroid dienone is 1. The summed E-state index contributed by atoms with van der Waals surface area (Å²) in [5, 5.41) is 34.9. The van der Waals surface area contributed by atoms with E-state index in [-0.39, 0.29) is 34.8 Å². The zero-order valence-electron chi connectivity index (χ0n) is 25.3. The topological polar surface area (TPSA) is 138 Å². The molecule has 222 valence electrons. The van der Waals surface area contributed by atoms with Gasteiger partial charge in [0.15, 0.2) is 11.4 Å². The molecule has 0 saturated heterocycles. The van der Waals surface area contributed by atoms with Gasteiger partial charge in [0.1, 0.15) is 17.6 Å². The highest BCUT2D eigenvalue weighted by molar-refractivity contribution is 6.34. The van der Waals surface area contributed by atoms with Gasteiger partial charge in [-0.05, 0) is 49.7 Å². The molecule has 4 rings (SSSR count). The van der Waals surface area contributed by atoms with Gasteiger partial charge in [0, 0.05) is 11.8 Å². The maximum absolute atomic E-state index is 14.7. The van der Waals surface area contributed by atoms with Crippen LogP contribution in [0.25, 0.3) is 5.76 Å². The van der Waals surface area contributed by atoms with Gasteiger partial charge in [-0.2, -0.15) is 0 Å². The Morgan fingerprint density at radius 1 is 1.07 bits per heavy atom. The van der Waals surface area contributed by atoms with E-state index in [9.17, 15) is 34.5 Å². The maximum Gasteiger partial charge on any atom is 0.306 e. The van der Waals surface area contributed by atoms with Crippen molar-refractivity contribution in [2.75, 3.05) is 0 Å². The zero-order chi connectivity index (χ0) is 30.8. The van der Waals surface area contributed by atoms with E-state index < -0.39 is 63.4 Å². The van der Waals surface area contributed by atoms with Gasteiger partial charge in [-0.15, -0.1) is 0 Å². The van der Waals surface area contributed by atoms with Gasteiger partial charge in [0.25, 0.3) is 0 Å².